The second kappa shape index (κ2) is 5.19. The number of halogens is 4. The highest BCUT2D eigenvalue weighted by molar-refractivity contribution is 7.89. The van der Waals surface area contributed by atoms with E-state index in [4.69, 9.17) is 11.6 Å². The van der Waals surface area contributed by atoms with E-state index in [1.54, 1.807) is 0 Å². The van der Waals surface area contributed by atoms with Gasteiger partial charge >= 0.3 is 6.18 Å². The van der Waals surface area contributed by atoms with Gasteiger partial charge in [0.1, 0.15) is 5.15 Å². The largest absolute Gasteiger partial charge is 0.393 e. The number of aromatic nitrogens is 2. The summed E-state index contributed by atoms with van der Waals surface area (Å²) < 4.78 is 64.8. The standard InChI is InChI=1S/C10H13ClF3N3O2S/c1-16-6-15-9(8(16)11)20(18,19)17-4-2-3-7(5-17)10(12,13)14/h6-7H,2-5H2,1H3. The van der Waals surface area contributed by atoms with Crippen LogP contribution in [0.3, 0.4) is 0 Å². The third-order valence-electron chi connectivity index (χ3n) is 3.27. The lowest BCUT2D eigenvalue weighted by Crippen LogP contribution is -2.44. The van der Waals surface area contributed by atoms with Gasteiger partial charge in [0.15, 0.2) is 0 Å². The summed E-state index contributed by atoms with van der Waals surface area (Å²) in [6.45, 7) is -0.541. The van der Waals surface area contributed by atoms with Gasteiger partial charge in [-0.2, -0.15) is 17.5 Å². The first kappa shape index (κ1) is 15.6. The van der Waals surface area contributed by atoms with E-state index in [1.807, 2.05) is 0 Å². The highest BCUT2D eigenvalue weighted by Gasteiger charge is 2.45. The van der Waals surface area contributed by atoms with Crippen LogP contribution in [0.25, 0.3) is 0 Å². The van der Waals surface area contributed by atoms with E-state index < -0.39 is 33.7 Å². The Bertz CT molecular complexity index is 599. The summed E-state index contributed by atoms with van der Waals surface area (Å²) in [6.07, 6.45) is -3.10. The van der Waals surface area contributed by atoms with Crippen LogP contribution < -0.4 is 0 Å². The Morgan fingerprint density at radius 1 is 1.45 bits per heavy atom. The van der Waals surface area contributed by atoms with Crippen molar-refractivity contribution >= 4 is 21.6 Å². The molecule has 0 aromatic carbocycles. The van der Waals surface area contributed by atoms with E-state index in [9.17, 15) is 21.6 Å². The van der Waals surface area contributed by atoms with Crippen LogP contribution in [-0.2, 0) is 17.1 Å². The Kier molecular flexibility index (Phi) is 4.05. The quantitative estimate of drug-likeness (QED) is 0.833. The van der Waals surface area contributed by atoms with Gasteiger partial charge in [-0.3, -0.25) is 0 Å². The monoisotopic (exact) mass is 331 g/mol. The molecule has 1 atom stereocenters. The molecule has 2 rings (SSSR count). The van der Waals surface area contributed by atoms with Crippen LogP contribution in [-0.4, -0.2) is 41.5 Å². The summed E-state index contributed by atoms with van der Waals surface area (Å²) in [5, 5.41) is -0.511. The van der Waals surface area contributed by atoms with Crippen LogP contribution in [0, 0.1) is 5.92 Å². The molecule has 20 heavy (non-hydrogen) atoms. The average Bonchev–Trinajstić information content (AvgIpc) is 2.70. The summed E-state index contributed by atoms with van der Waals surface area (Å²) in [5.41, 5.74) is 0. The molecule has 0 saturated carbocycles. The van der Waals surface area contributed by atoms with Crippen molar-refractivity contribution in [1.82, 2.24) is 13.9 Å². The molecule has 0 bridgehead atoms. The van der Waals surface area contributed by atoms with Crippen LogP contribution in [0.2, 0.25) is 5.15 Å². The Morgan fingerprint density at radius 2 is 2.10 bits per heavy atom. The Morgan fingerprint density at radius 3 is 2.60 bits per heavy atom. The van der Waals surface area contributed by atoms with Gasteiger partial charge in [-0.05, 0) is 12.8 Å². The lowest BCUT2D eigenvalue weighted by molar-refractivity contribution is -0.182. The molecule has 1 unspecified atom stereocenters. The highest BCUT2D eigenvalue weighted by Crippen LogP contribution is 2.35. The van der Waals surface area contributed by atoms with Gasteiger partial charge in [-0.25, -0.2) is 13.4 Å². The molecule has 1 aromatic rings. The van der Waals surface area contributed by atoms with Crippen LogP contribution >= 0.6 is 11.6 Å². The first-order chi connectivity index (χ1) is 9.14. The van der Waals surface area contributed by atoms with E-state index in [-0.39, 0.29) is 24.5 Å². The molecule has 114 valence electrons. The summed E-state index contributed by atoms with van der Waals surface area (Å²) in [6, 6.07) is 0. The van der Waals surface area contributed by atoms with Crippen molar-refractivity contribution < 1.29 is 21.6 Å². The number of nitrogens with zero attached hydrogens (tertiary/aromatic N) is 3. The molecule has 2 heterocycles. The van der Waals surface area contributed by atoms with Gasteiger partial charge in [0.05, 0.1) is 12.2 Å². The van der Waals surface area contributed by atoms with Gasteiger partial charge in [0, 0.05) is 20.1 Å². The van der Waals surface area contributed by atoms with E-state index in [0.29, 0.717) is 0 Å². The van der Waals surface area contributed by atoms with E-state index in [0.717, 1.165) is 4.31 Å². The maximum atomic E-state index is 12.7. The first-order valence-corrected chi connectivity index (χ1v) is 7.69. The number of sulfonamides is 1. The minimum atomic E-state index is -4.40. The number of imidazole rings is 1. The molecule has 1 aliphatic heterocycles. The molecule has 0 spiro atoms. The van der Waals surface area contributed by atoms with Crippen LogP contribution in [0.5, 0.6) is 0 Å². The molecular weight excluding hydrogens is 319 g/mol. The third kappa shape index (κ3) is 2.79. The van der Waals surface area contributed by atoms with Crippen molar-refractivity contribution in [3.63, 3.8) is 0 Å². The molecule has 1 fully saturated rings. The van der Waals surface area contributed by atoms with Gasteiger partial charge in [-0.15, -0.1) is 0 Å². The topological polar surface area (TPSA) is 55.2 Å². The fraction of sp³-hybridized carbons (Fsp3) is 0.700. The SMILES string of the molecule is Cn1cnc(S(=O)(=O)N2CCCC(C(F)(F)F)C2)c1Cl. The molecule has 10 heteroatoms. The van der Waals surface area contributed by atoms with Crippen molar-refractivity contribution in [2.45, 2.75) is 24.0 Å². The van der Waals surface area contributed by atoms with Gasteiger partial charge in [-0.1, -0.05) is 11.6 Å². The second-order valence-electron chi connectivity index (χ2n) is 4.70. The molecule has 1 aromatic heterocycles. The Hall–Kier alpha value is -0.800. The van der Waals surface area contributed by atoms with Gasteiger partial charge in [0.25, 0.3) is 10.0 Å². The predicted molar refractivity (Wildman–Crippen MR) is 65.8 cm³/mol. The molecule has 0 amide bonds. The maximum Gasteiger partial charge on any atom is 0.393 e. The number of aryl methyl sites for hydroxylation is 1. The second-order valence-corrected chi connectivity index (χ2v) is 6.91. The average molecular weight is 332 g/mol. The molecule has 5 nitrogen and oxygen atoms in total. The van der Waals surface area contributed by atoms with Crippen molar-refractivity contribution in [3.05, 3.63) is 11.5 Å². The van der Waals surface area contributed by atoms with Crippen molar-refractivity contribution in [2.24, 2.45) is 13.0 Å². The number of piperidine rings is 1. The van der Waals surface area contributed by atoms with E-state index >= 15 is 0 Å². The minimum absolute atomic E-state index is 0.0435. The van der Waals surface area contributed by atoms with E-state index in [2.05, 4.69) is 4.98 Å². The lowest BCUT2D eigenvalue weighted by Gasteiger charge is -2.32. The molecule has 1 saturated heterocycles. The predicted octanol–water partition coefficient (Wildman–Crippen LogP) is 2.04. The fourth-order valence-electron chi connectivity index (χ4n) is 2.12. The van der Waals surface area contributed by atoms with Crippen LogP contribution in [0.1, 0.15) is 12.8 Å². The number of hydrogen-bond acceptors (Lipinski definition) is 3. The van der Waals surface area contributed by atoms with Crippen molar-refractivity contribution in [1.29, 1.82) is 0 Å². The van der Waals surface area contributed by atoms with Crippen LogP contribution in [0.4, 0.5) is 13.2 Å². The first-order valence-electron chi connectivity index (χ1n) is 5.87. The third-order valence-corrected chi connectivity index (χ3v) is 5.62. The minimum Gasteiger partial charge on any atom is -0.324 e. The smallest absolute Gasteiger partial charge is 0.324 e. The number of rotatable bonds is 2. The molecule has 0 aliphatic carbocycles. The molecule has 1 aliphatic rings. The Labute approximate surface area is 119 Å². The van der Waals surface area contributed by atoms with Gasteiger partial charge in [0.2, 0.25) is 5.03 Å². The highest BCUT2D eigenvalue weighted by atomic mass is 35.5. The summed E-state index contributed by atoms with van der Waals surface area (Å²) in [7, 11) is -2.59. The zero-order chi connectivity index (χ0) is 15.1. The Balaban J connectivity index is 2.28. The molecule has 0 N–H and O–H groups in total. The number of alkyl halides is 3. The fourth-order valence-corrected chi connectivity index (χ4v) is 4.03. The van der Waals surface area contributed by atoms with Gasteiger partial charge < -0.3 is 4.57 Å². The number of hydrogen-bond donors (Lipinski definition) is 0. The zero-order valence-corrected chi connectivity index (χ0v) is 12.1. The van der Waals surface area contributed by atoms with Crippen molar-refractivity contribution in [2.75, 3.05) is 13.1 Å². The van der Waals surface area contributed by atoms with Crippen molar-refractivity contribution in [3.8, 4) is 0 Å². The maximum absolute atomic E-state index is 12.7. The normalized spacial score (nSPS) is 22.1. The summed E-state index contributed by atoms with van der Waals surface area (Å²) >= 11 is 5.81. The van der Waals surface area contributed by atoms with E-state index in [1.165, 1.54) is 17.9 Å². The zero-order valence-electron chi connectivity index (χ0n) is 10.6. The molecule has 0 radical (unpaired) electrons. The summed E-state index contributed by atoms with van der Waals surface area (Å²) in [5.74, 6) is -1.64. The summed E-state index contributed by atoms with van der Waals surface area (Å²) in [4.78, 5) is 3.67. The van der Waals surface area contributed by atoms with Crippen LogP contribution in [0.15, 0.2) is 11.4 Å². The lowest BCUT2D eigenvalue weighted by atomic mass is 9.99. The molecular formula is C10H13ClF3N3O2S.